The molecule has 6 nitrogen and oxygen atoms in total. The van der Waals surface area contributed by atoms with Crippen LogP contribution in [0.25, 0.3) is 22.3 Å². The van der Waals surface area contributed by atoms with Crippen molar-refractivity contribution < 1.29 is 9.53 Å². The van der Waals surface area contributed by atoms with Crippen LogP contribution in [0.3, 0.4) is 0 Å². The van der Waals surface area contributed by atoms with Crippen molar-refractivity contribution in [3.63, 3.8) is 0 Å². The highest BCUT2D eigenvalue weighted by Gasteiger charge is 2.05. The van der Waals surface area contributed by atoms with Crippen molar-refractivity contribution in [2.75, 3.05) is 0 Å². The number of aromatic nitrogens is 4. The van der Waals surface area contributed by atoms with E-state index in [2.05, 4.69) is 20.2 Å². The predicted molar refractivity (Wildman–Crippen MR) is 85.6 cm³/mol. The summed E-state index contributed by atoms with van der Waals surface area (Å²) in [6.07, 6.45) is 2.40. The number of nitrogens with zero attached hydrogens (tertiary/aromatic N) is 2. The van der Waals surface area contributed by atoms with E-state index in [9.17, 15) is 4.79 Å². The van der Waals surface area contributed by atoms with E-state index in [4.69, 9.17) is 4.74 Å². The fourth-order valence-corrected chi connectivity index (χ4v) is 2.38. The Morgan fingerprint density at radius 1 is 1.00 bits per heavy atom. The van der Waals surface area contributed by atoms with Gasteiger partial charge in [-0.2, -0.15) is 5.10 Å². The van der Waals surface area contributed by atoms with Gasteiger partial charge in [-0.3, -0.25) is 9.89 Å². The smallest absolute Gasteiger partial charge is 0.185 e. The van der Waals surface area contributed by atoms with Crippen LogP contribution in [-0.4, -0.2) is 26.5 Å². The molecular weight excluding hydrogens is 292 g/mol. The van der Waals surface area contributed by atoms with Crippen LogP contribution in [0.4, 0.5) is 0 Å². The second kappa shape index (κ2) is 5.42. The molecule has 4 aromatic rings. The number of carbonyl (C=O) groups excluding carboxylic acids is 1. The van der Waals surface area contributed by atoms with Crippen molar-refractivity contribution in [1.82, 2.24) is 20.2 Å². The fourth-order valence-electron chi connectivity index (χ4n) is 2.38. The SMILES string of the molecule is O=Cc1nc2cc(Oc3ccc(-c4ccn[nH]4)cc3)ccc2[nH]1. The molecule has 0 atom stereocenters. The molecule has 2 aromatic heterocycles. The van der Waals surface area contributed by atoms with Gasteiger partial charge in [-0.05, 0) is 48.0 Å². The number of hydrogen-bond donors (Lipinski definition) is 2. The fraction of sp³-hybridized carbons (Fsp3) is 0. The van der Waals surface area contributed by atoms with E-state index >= 15 is 0 Å². The number of carbonyl (C=O) groups is 1. The molecule has 2 heterocycles. The van der Waals surface area contributed by atoms with E-state index in [0.717, 1.165) is 22.5 Å². The molecule has 0 radical (unpaired) electrons. The predicted octanol–water partition coefficient (Wildman–Crippen LogP) is 3.56. The minimum atomic E-state index is 0.307. The van der Waals surface area contributed by atoms with Gasteiger partial charge in [0.15, 0.2) is 12.1 Å². The summed E-state index contributed by atoms with van der Waals surface area (Å²) in [7, 11) is 0. The number of aldehydes is 1. The summed E-state index contributed by atoms with van der Waals surface area (Å²) >= 11 is 0. The van der Waals surface area contributed by atoms with Crippen molar-refractivity contribution in [3.05, 3.63) is 60.6 Å². The van der Waals surface area contributed by atoms with Crippen LogP contribution in [0.5, 0.6) is 11.5 Å². The first-order chi connectivity index (χ1) is 11.3. The zero-order chi connectivity index (χ0) is 15.6. The number of nitrogens with one attached hydrogen (secondary N) is 2. The van der Waals surface area contributed by atoms with Gasteiger partial charge in [0, 0.05) is 12.3 Å². The third kappa shape index (κ3) is 2.57. The van der Waals surface area contributed by atoms with E-state index in [0.29, 0.717) is 23.4 Å². The summed E-state index contributed by atoms with van der Waals surface area (Å²) in [5.41, 5.74) is 3.48. The van der Waals surface area contributed by atoms with E-state index in [1.165, 1.54) is 0 Å². The first-order valence-corrected chi connectivity index (χ1v) is 7.04. The molecule has 0 spiro atoms. The maximum Gasteiger partial charge on any atom is 0.185 e. The minimum Gasteiger partial charge on any atom is -0.457 e. The molecule has 0 saturated carbocycles. The first-order valence-electron chi connectivity index (χ1n) is 7.04. The molecule has 2 N–H and O–H groups in total. The normalized spacial score (nSPS) is 10.8. The maximum atomic E-state index is 10.7. The maximum absolute atomic E-state index is 10.7. The van der Waals surface area contributed by atoms with Crippen LogP contribution in [0, 0.1) is 0 Å². The number of aromatic amines is 2. The second-order valence-electron chi connectivity index (χ2n) is 5.02. The Morgan fingerprint density at radius 3 is 2.57 bits per heavy atom. The zero-order valence-electron chi connectivity index (χ0n) is 12.0. The molecule has 112 valence electrons. The van der Waals surface area contributed by atoms with Gasteiger partial charge in [0.2, 0.25) is 0 Å². The molecule has 4 rings (SSSR count). The average Bonchev–Trinajstić information content (AvgIpc) is 3.24. The highest BCUT2D eigenvalue weighted by molar-refractivity contribution is 5.82. The second-order valence-corrected chi connectivity index (χ2v) is 5.02. The van der Waals surface area contributed by atoms with Crippen LogP contribution in [-0.2, 0) is 0 Å². The molecule has 0 aliphatic rings. The highest BCUT2D eigenvalue weighted by atomic mass is 16.5. The van der Waals surface area contributed by atoms with Gasteiger partial charge in [0.1, 0.15) is 11.5 Å². The Morgan fingerprint density at radius 2 is 1.83 bits per heavy atom. The highest BCUT2D eigenvalue weighted by Crippen LogP contribution is 2.26. The molecule has 0 fully saturated rings. The lowest BCUT2D eigenvalue weighted by Gasteiger charge is -2.06. The van der Waals surface area contributed by atoms with Crippen LogP contribution in [0.15, 0.2) is 54.7 Å². The number of hydrogen-bond acceptors (Lipinski definition) is 4. The molecule has 2 aromatic carbocycles. The monoisotopic (exact) mass is 304 g/mol. The van der Waals surface area contributed by atoms with Gasteiger partial charge in [0.05, 0.1) is 16.7 Å². The van der Waals surface area contributed by atoms with Gasteiger partial charge in [-0.1, -0.05) is 0 Å². The lowest BCUT2D eigenvalue weighted by molar-refractivity contribution is 0.111. The summed E-state index contributed by atoms with van der Waals surface area (Å²) in [5.74, 6) is 1.69. The average molecular weight is 304 g/mol. The molecule has 0 bridgehead atoms. The minimum absolute atomic E-state index is 0.307. The van der Waals surface area contributed by atoms with Crippen LogP contribution >= 0.6 is 0 Å². The van der Waals surface area contributed by atoms with Gasteiger partial charge in [-0.25, -0.2) is 4.98 Å². The summed E-state index contributed by atoms with van der Waals surface area (Å²) in [5, 5.41) is 6.86. The molecule has 0 saturated heterocycles. The van der Waals surface area contributed by atoms with E-state index in [-0.39, 0.29) is 0 Å². The number of rotatable bonds is 4. The van der Waals surface area contributed by atoms with Crippen molar-refractivity contribution in [1.29, 1.82) is 0 Å². The largest absolute Gasteiger partial charge is 0.457 e. The number of imidazole rings is 1. The quantitative estimate of drug-likeness (QED) is 0.565. The third-order valence-electron chi connectivity index (χ3n) is 3.49. The molecule has 0 unspecified atom stereocenters. The van der Waals surface area contributed by atoms with Gasteiger partial charge < -0.3 is 9.72 Å². The number of fused-ring (bicyclic) bond motifs is 1. The molecule has 6 heteroatoms. The summed E-state index contributed by atoms with van der Waals surface area (Å²) in [4.78, 5) is 17.8. The van der Waals surface area contributed by atoms with Crippen LogP contribution in [0.2, 0.25) is 0 Å². The Labute approximate surface area is 131 Å². The first kappa shape index (κ1) is 13.3. The van der Waals surface area contributed by atoms with Crippen molar-refractivity contribution in [3.8, 4) is 22.8 Å². The van der Waals surface area contributed by atoms with Crippen LogP contribution < -0.4 is 4.74 Å². The third-order valence-corrected chi connectivity index (χ3v) is 3.49. The molecule has 0 amide bonds. The lowest BCUT2D eigenvalue weighted by atomic mass is 10.1. The Kier molecular flexibility index (Phi) is 3.12. The molecule has 23 heavy (non-hydrogen) atoms. The van der Waals surface area contributed by atoms with E-state index in [1.807, 2.05) is 42.5 Å². The molecular formula is C17H12N4O2. The number of ether oxygens (including phenoxy) is 1. The van der Waals surface area contributed by atoms with Gasteiger partial charge in [-0.15, -0.1) is 0 Å². The van der Waals surface area contributed by atoms with Gasteiger partial charge >= 0.3 is 0 Å². The van der Waals surface area contributed by atoms with Crippen LogP contribution in [0.1, 0.15) is 10.6 Å². The Bertz CT molecular complexity index is 956. The van der Waals surface area contributed by atoms with Crippen molar-refractivity contribution in [2.45, 2.75) is 0 Å². The topological polar surface area (TPSA) is 83.7 Å². The summed E-state index contributed by atoms with van der Waals surface area (Å²) < 4.78 is 5.83. The van der Waals surface area contributed by atoms with E-state index < -0.39 is 0 Å². The zero-order valence-corrected chi connectivity index (χ0v) is 12.0. The van der Waals surface area contributed by atoms with Crippen molar-refractivity contribution >= 4 is 17.3 Å². The summed E-state index contributed by atoms with van der Waals surface area (Å²) in [6.45, 7) is 0. The molecule has 0 aliphatic heterocycles. The van der Waals surface area contributed by atoms with Gasteiger partial charge in [0.25, 0.3) is 0 Å². The standard InChI is InChI=1S/C17H12N4O2/c22-10-17-19-15-6-5-13(9-16(15)20-17)23-12-3-1-11(2-4-12)14-7-8-18-21-14/h1-10H,(H,18,21)(H,19,20). The summed E-state index contributed by atoms with van der Waals surface area (Å²) in [6, 6.07) is 15.1. The Balaban J connectivity index is 1.58. The Hall–Kier alpha value is -3.41. The number of benzene rings is 2. The lowest BCUT2D eigenvalue weighted by Crippen LogP contribution is -1.85. The molecule has 0 aliphatic carbocycles. The van der Waals surface area contributed by atoms with Crippen molar-refractivity contribution in [2.24, 2.45) is 0 Å². The number of H-pyrrole nitrogens is 2. The van der Waals surface area contributed by atoms with E-state index in [1.54, 1.807) is 12.3 Å².